The first-order chi connectivity index (χ1) is 11.1. The Morgan fingerprint density at radius 3 is 2.91 bits per heavy atom. The summed E-state index contributed by atoms with van der Waals surface area (Å²) >= 11 is 1.40. The summed E-state index contributed by atoms with van der Waals surface area (Å²) in [4.78, 5) is 31.4. The number of thiophene rings is 1. The van der Waals surface area contributed by atoms with Gasteiger partial charge in [0, 0.05) is 7.05 Å². The second kappa shape index (κ2) is 6.13. The maximum absolute atomic E-state index is 12.6. The highest BCUT2D eigenvalue weighted by molar-refractivity contribution is 7.16. The van der Waals surface area contributed by atoms with E-state index in [0.717, 1.165) is 19.3 Å². The van der Waals surface area contributed by atoms with Crippen LogP contribution in [0, 0.1) is 11.3 Å². The zero-order valence-corrected chi connectivity index (χ0v) is 13.8. The maximum atomic E-state index is 12.6. The van der Waals surface area contributed by atoms with E-state index in [9.17, 15) is 14.9 Å². The number of rotatable bonds is 3. The highest BCUT2D eigenvalue weighted by Gasteiger charge is 2.38. The van der Waals surface area contributed by atoms with E-state index in [0.29, 0.717) is 23.1 Å². The van der Waals surface area contributed by atoms with Crippen LogP contribution in [0.25, 0.3) is 10.2 Å². The number of nitriles is 1. The van der Waals surface area contributed by atoms with Gasteiger partial charge in [0.2, 0.25) is 5.91 Å². The number of carbonyl (C=O) groups is 1. The van der Waals surface area contributed by atoms with Gasteiger partial charge in [0.1, 0.15) is 16.9 Å². The molecule has 1 saturated carbocycles. The summed E-state index contributed by atoms with van der Waals surface area (Å²) in [5.41, 5.74) is -0.952. The van der Waals surface area contributed by atoms with Gasteiger partial charge in [-0.2, -0.15) is 5.26 Å². The van der Waals surface area contributed by atoms with Crippen molar-refractivity contribution in [2.24, 2.45) is 0 Å². The predicted octanol–water partition coefficient (Wildman–Crippen LogP) is 2.14. The third kappa shape index (κ3) is 2.75. The lowest BCUT2D eigenvalue weighted by Crippen LogP contribution is -2.51. The van der Waals surface area contributed by atoms with Crippen molar-refractivity contribution in [1.29, 1.82) is 5.26 Å². The molecule has 0 aliphatic heterocycles. The quantitative estimate of drug-likeness (QED) is 0.864. The van der Waals surface area contributed by atoms with Crippen LogP contribution in [0.15, 0.2) is 22.6 Å². The molecule has 0 spiro atoms. The van der Waals surface area contributed by atoms with E-state index in [-0.39, 0.29) is 18.0 Å². The van der Waals surface area contributed by atoms with Gasteiger partial charge in [-0.15, -0.1) is 11.3 Å². The van der Waals surface area contributed by atoms with Crippen LogP contribution in [0.5, 0.6) is 0 Å². The lowest BCUT2D eigenvalue weighted by Gasteiger charge is -2.39. The monoisotopic (exact) mass is 330 g/mol. The van der Waals surface area contributed by atoms with Gasteiger partial charge in [-0.1, -0.05) is 19.3 Å². The number of likely N-dealkylation sites (N-methyl/N-ethyl adjacent to an activating group) is 1. The third-order valence-corrected chi connectivity index (χ3v) is 5.48. The molecule has 0 unspecified atom stereocenters. The van der Waals surface area contributed by atoms with E-state index < -0.39 is 5.54 Å². The van der Waals surface area contributed by atoms with Crippen LogP contribution in [0.4, 0.5) is 0 Å². The number of nitrogens with zero attached hydrogens (tertiary/aromatic N) is 4. The van der Waals surface area contributed by atoms with Crippen molar-refractivity contribution in [3.05, 3.63) is 28.1 Å². The third-order valence-electron chi connectivity index (χ3n) is 4.66. The van der Waals surface area contributed by atoms with E-state index in [1.54, 1.807) is 13.1 Å². The topological polar surface area (TPSA) is 79.0 Å². The second-order valence-corrected chi connectivity index (χ2v) is 6.87. The fourth-order valence-electron chi connectivity index (χ4n) is 3.16. The normalized spacial score (nSPS) is 16.9. The highest BCUT2D eigenvalue weighted by atomic mass is 32.1. The molecule has 23 heavy (non-hydrogen) atoms. The fourth-order valence-corrected chi connectivity index (χ4v) is 3.88. The zero-order chi connectivity index (χ0) is 16.4. The van der Waals surface area contributed by atoms with Crippen LogP contribution < -0.4 is 5.56 Å². The van der Waals surface area contributed by atoms with Crippen LogP contribution in [0.1, 0.15) is 32.1 Å². The zero-order valence-electron chi connectivity index (χ0n) is 13.0. The van der Waals surface area contributed by atoms with E-state index in [1.165, 1.54) is 27.1 Å². The Labute approximate surface area is 138 Å². The lowest BCUT2D eigenvalue weighted by atomic mass is 9.81. The first-order valence-electron chi connectivity index (χ1n) is 7.68. The molecule has 0 atom stereocenters. The molecule has 6 nitrogen and oxygen atoms in total. The first-order valence-corrected chi connectivity index (χ1v) is 8.56. The molecular formula is C16H18N4O2S. The molecule has 0 saturated heterocycles. The van der Waals surface area contributed by atoms with E-state index in [4.69, 9.17) is 0 Å². The van der Waals surface area contributed by atoms with Crippen molar-refractivity contribution in [1.82, 2.24) is 14.5 Å². The summed E-state index contributed by atoms with van der Waals surface area (Å²) < 4.78 is 1.32. The smallest absolute Gasteiger partial charge is 0.262 e. The molecule has 2 heterocycles. The lowest BCUT2D eigenvalue weighted by molar-refractivity contribution is -0.135. The standard InChI is InChI=1S/C16H18N4O2S/c1-19(16(10-17)6-3-2-4-7-16)13(21)9-20-11-18-14-12(15(20)22)5-8-23-14/h5,8,11H,2-4,6-7,9H2,1H3. The molecular weight excluding hydrogens is 312 g/mol. The van der Waals surface area contributed by atoms with E-state index >= 15 is 0 Å². The fraction of sp³-hybridized carbons (Fsp3) is 0.500. The van der Waals surface area contributed by atoms with Gasteiger partial charge < -0.3 is 4.90 Å². The molecule has 120 valence electrons. The number of aromatic nitrogens is 2. The number of hydrogen-bond acceptors (Lipinski definition) is 5. The molecule has 0 radical (unpaired) electrons. The van der Waals surface area contributed by atoms with Crippen LogP contribution >= 0.6 is 11.3 Å². The van der Waals surface area contributed by atoms with Crippen molar-refractivity contribution in [2.75, 3.05) is 7.05 Å². The number of amides is 1. The molecule has 1 fully saturated rings. The minimum Gasteiger partial charge on any atom is -0.325 e. The Balaban J connectivity index is 1.84. The van der Waals surface area contributed by atoms with Crippen molar-refractivity contribution in [3.63, 3.8) is 0 Å². The van der Waals surface area contributed by atoms with Gasteiger partial charge in [-0.25, -0.2) is 4.98 Å². The molecule has 2 aromatic rings. The van der Waals surface area contributed by atoms with Gasteiger partial charge in [-0.05, 0) is 24.3 Å². The van der Waals surface area contributed by atoms with Gasteiger partial charge in [0.05, 0.1) is 17.8 Å². The molecule has 2 aromatic heterocycles. The first kappa shape index (κ1) is 15.7. The average molecular weight is 330 g/mol. The Morgan fingerprint density at radius 1 is 1.48 bits per heavy atom. The predicted molar refractivity (Wildman–Crippen MR) is 88.1 cm³/mol. The summed E-state index contributed by atoms with van der Waals surface area (Å²) in [6, 6.07) is 4.05. The minimum absolute atomic E-state index is 0.0858. The Kier molecular flexibility index (Phi) is 4.18. The van der Waals surface area contributed by atoms with Crippen LogP contribution in [-0.4, -0.2) is 32.9 Å². The van der Waals surface area contributed by atoms with Crippen molar-refractivity contribution >= 4 is 27.5 Å². The molecule has 0 bridgehead atoms. The Bertz CT molecular complexity index is 826. The number of hydrogen-bond donors (Lipinski definition) is 0. The van der Waals surface area contributed by atoms with Crippen molar-refractivity contribution in [3.8, 4) is 6.07 Å². The second-order valence-electron chi connectivity index (χ2n) is 5.97. The summed E-state index contributed by atoms with van der Waals surface area (Å²) in [5.74, 6) is -0.230. The Morgan fingerprint density at radius 2 is 2.22 bits per heavy atom. The summed E-state index contributed by atoms with van der Waals surface area (Å²) in [5, 5.41) is 11.9. The SMILES string of the molecule is CN(C(=O)Cn1cnc2sccc2c1=O)C1(C#N)CCCCC1. The molecule has 0 aromatic carbocycles. The molecule has 1 amide bonds. The average Bonchev–Trinajstić information content (AvgIpc) is 3.06. The van der Waals surface area contributed by atoms with Crippen molar-refractivity contribution < 1.29 is 4.79 Å². The highest BCUT2D eigenvalue weighted by Crippen LogP contribution is 2.32. The summed E-state index contributed by atoms with van der Waals surface area (Å²) in [6.45, 7) is -0.0858. The van der Waals surface area contributed by atoms with Crippen LogP contribution in [0.3, 0.4) is 0 Å². The van der Waals surface area contributed by atoms with Gasteiger partial charge in [0.25, 0.3) is 5.56 Å². The number of carbonyl (C=O) groups excluding carboxylic acids is 1. The van der Waals surface area contributed by atoms with Crippen molar-refractivity contribution in [2.45, 2.75) is 44.2 Å². The van der Waals surface area contributed by atoms with E-state index in [1.807, 2.05) is 5.38 Å². The van der Waals surface area contributed by atoms with Crippen LogP contribution in [0.2, 0.25) is 0 Å². The van der Waals surface area contributed by atoms with Crippen LogP contribution in [-0.2, 0) is 11.3 Å². The molecule has 1 aliphatic rings. The molecule has 7 heteroatoms. The van der Waals surface area contributed by atoms with E-state index in [2.05, 4.69) is 11.1 Å². The van der Waals surface area contributed by atoms with Gasteiger partial charge >= 0.3 is 0 Å². The summed E-state index contributed by atoms with van der Waals surface area (Å²) in [6.07, 6.45) is 5.81. The van der Waals surface area contributed by atoms with Gasteiger partial charge in [-0.3, -0.25) is 14.2 Å². The maximum Gasteiger partial charge on any atom is 0.262 e. The minimum atomic E-state index is -0.737. The molecule has 1 aliphatic carbocycles. The largest absolute Gasteiger partial charge is 0.325 e. The van der Waals surface area contributed by atoms with Gasteiger partial charge in [0.15, 0.2) is 0 Å². The number of fused-ring (bicyclic) bond motifs is 1. The summed E-state index contributed by atoms with van der Waals surface area (Å²) in [7, 11) is 1.67. The Hall–Kier alpha value is -2.20. The molecule has 0 N–H and O–H groups in total. The molecule has 3 rings (SSSR count).